The standard InChI is InChI=1S/C22H27FN2O4S/c1-29-15-21(16-5-3-2-4-6-16)24-22(26)17-7-11-19(12-8-17)25-30(27,28)20-13-9-18(23)10-14-20/h2-6,9-10,13-14,17,19,21,25H,7-8,11-12,15H2,1H3,(H,24,26)/t17?,19?,21-/m1/s1. The van der Waals surface area contributed by atoms with E-state index in [4.69, 9.17) is 4.74 Å². The normalized spacial score (nSPS) is 20.5. The highest BCUT2D eigenvalue weighted by molar-refractivity contribution is 7.89. The number of hydrogen-bond acceptors (Lipinski definition) is 4. The van der Waals surface area contributed by atoms with Gasteiger partial charge in [-0.05, 0) is 55.5 Å². The number of nitrogens with one attached hydrogen (secondary N) is 2. The number of hydrogen-bond donors (Lipinski definition) is 2. The highest BCUT2D eigenvalue weighted by Crippen LogP contribution is 2.27. The van der Waals surface area contributed by atoms with Crippen LogP contribution in [-0.2, 0) is 19.6 Å². The zero-order chi connectivity index (χ0) is 21.6. The zero-order valence-corrected chi connectivity index (χ0v) is 17.7. The zero-order valence-electron chi connectivity index (χ0n) is 16.9. The predicted molar refractivity (Wildman–Crippen MR) is 112 cm³/mol. The van der Waals surface area contributed by atoms with Gasteiger partial charge in [-0.25, -0.2) is 17.5 Å². The molecule has 30 heavy (non-hydrogen) atoms. The summed E-state index contributed by atoms with van der Waals surface area (Å²) in [6, 6.07) is 13.9. The van der Waals surface area contributed by atoms with Gasteiger partial charge in [0.15, 0.2) is 0 Å². The van der Waals surface area contributed by atoms with Crippen molar-refractivity contribution in [1.29, 1.82) is 0 Å². The molecule has 0 radical (unpaired) electrons. The minimum atomic E-state index is -3.71. The lowest BCUT2D eigenvalue weighted by Crippen LogP contribution is -2.42. The molecule has 1 aliphatic rings. The number of halogens is 1. The molecule has 162 valence electrons. The third kappa shape index (κ3) is 5.87. The van der Waals surface area contributed by atoms with Gasteiger partial charge in [0, 0.05) is 19.1 Å². The van der Waals surface area contributed by atoms with Crippen LogP contribution in [0.3, 0.4) is 0 Å². The summed E-state index contributed by atoms with van der Waals surface area (Å²) < 4.78 is 45.9. The monoisotopic (exact) mass is 434 g/mol. The van der Waals surface area contributed by atoms with Gasteiger partial charge in [-0.2, -0.15) is 0 Å². The van der Waals surface area contributed by atoms with Crippen LogP contribution in [-0.4, -0.2) is 34.1 Å². The molecular formula is C22H27FN2O4S. The molecule has 2 N–H and O–H groups in total. The maximum atomic E-state index is 13.0. The van der Waals surface area contributed by atoms with Crippen molar-refractivity contribution in [3.8, 4) is 0 Å². The second-order valence-electron chi connectivity index (χ2n) is 7.55. The van der Waals surface area contributed by atoms with Gasteiger partial charge < -0.3 is 10.1 Å². The number of sulfonamides is 1. The average molecular weight is 435 g/mol. The molecule has 0 saturated heterocycles. The Labute approximate surface area is 176 Å². The van der Waals surface area contributed by atoms with Crippen molar-refractivity contribution in [3.63, 3.8) is 0 Å². The lowest BCUT2D eigenvalue weighted by atomic mass is 9.85. The molecular weight excluding hydrogens is 407 g/mol. The van der Waals surface area contributed by atoms with E-state index in [-0.39, 0.29) is 28.8 Å². The van der Waals surface area contributed by atoms with Crippen LogP contribution in [0.25, 0.3) is 0 Å². The molecule has 0 aromatic heterocycles. The van der Waals surface area contributed by atoms with E-state index in [1.54, 1.807) is 7.11 Å². The Hall–Kier alpha value is -2.29. The number of amides is 1. The topological polar surface area (TPSA) is 84.5 Å². The fourth-order valence-electron chi connectivity index (χ4n) is 3.74. The molecule has 1 aliphatic carbocycles. The molecule has 3 rings (SSSR count). The Kier molecular flexibility index (Phi) is 7.58. The molecule has 2 aromatic carbocycles. The van der Waals surface area contributed by atoms with Crippen molar-refractivity contribution in [2.24, 2.45) is 5.92 Å². The van der Waals surface area contributed by atoms with Crippen LogP contribution in [0, 0.1) is 11.7 Å². The van der Waals surface area contributed by atoms with Crippen molar-refractivity contribution < 1.29 is 22.3 Å². The maximum Gasteiger partial charge on any atom is 0.240 e. The summed E-state index contributed by atoms with van der Waals surface area (Å²) >= 11 is 0. The summed E-state index contributed by atoms with van der Waals surface area (Å²) in [6.07, 6.45) is 2.32. The lowest BCUT2D eigenvalue weighted by Gasteiger charge is -2.29. The summed E-state index contributed by atoms with van der Waals surface area (Å²) in [6.45, 7) is 0.378. The number of ether oxygens (including phenoxy) is 1. The minimum Gasteiger partial charge on any atom is -0.382 e. The van der Waals surface area contributed by atoms with E-state index in [2.05, 4.69) is 10.0 Å². The van der Waals surface area contributed by atoms with Crippen LogP contribution >= 0.6 is 0 Å². The molecule has 6 nitrogen and oxygen atoms in total. The van der Waals surface area contributed by atoms with Gasteiger partial charge >= 0.3 is 0 Å². The van der Waals surface area contributed by atoms with E-state index in [0.29, 0.717) is 32.3 Å². The predicted octanol–water partition coefficient (Wildman–Crippen LogP) is 3.17. The molecule has 8 heteroatoms. The van der Waals surface area contributed by atoms with E-state index in [0.717, 1.165) is 17.7 Å². The van der Waals surface area contributed by atoms with Crippen molar-refractivity contribution in [3.05, 3.63) is 66.0 Å². The number of methoxy groups -OCH3 is 1. The van der Waals surface area contributed by atoms with Gasteiger partial charge in [-0.1, -0.05) is 30.3 Å². The van der Waals surface area contributed by atoms with Crippen molar-refractivity contribution in [1.82, 2.24) is 10.0 Å². The van der Waals surface area contributed by atoms with Crippen LogP contribution in [0.5, 0.6) is 0 Å². The van der Waals surface area contributed by atoms with Crippen LogP contribution < -0.4 is 10.0 Å². The SMILES string of the molecule is COC[C@@H](NC(=O)C1CCC(NS(=O)(=O)c2ccc(F)cc2)CC1)c1ccccc1. The summed E-state index contributed by atoms with van der Waals surface area (Å²) in [5, 5.41) is 3.06. The van der Waals surface area contributed by atoms with E-state index in [1.165, 1.54) is 12.1 Å². The smallest absolute Gasteiger partial charge is 0.240 e. The Morgan fingerprint density at radius 2 is 1.70 bits per heavy atom. The Morgan fingerprint density at radius 1 is 1.07 bits per heavy atom. The van der Waals surface area contributed by atoms with Gasteiger partial charge in [0.05, 0.1) is 17.5 Å². The molecule has 1 saturated carbocycles. The first kappa shape index (κ1) is 22.4. The van der Waals surface area contributed by atoms with Crippen LogP contribution in [0.2, 0.25) is 0 Å². The van der Waals surface area contributed by atoms with Gasteiger partial charge in [0.25, 0.3) is 0 Å². The van der Waals surface area contributed by atoms with Crippen molar-refractivity contribution in [2.45, 2.75) is 42.7 Å². The second kappa shape index (κ2) is 10.1. The van der Waals surface area contributed by atoms with Crippen molar-refractivity contribution >= 4 is 15.9 Å². The number of carbonyl (C=O) groups excluding carboxylic acids is 1. The van der Waals surface area contributed by atoms with E-state index in [9.17, 15) is 17.6 Å². The van der Waals surface area contributed by atoms with E-state index >= 15 is 0 Å². The molecule has 1 fully saturated rings. The summed E-state index contributed by atoms with van der Waals surface area (Å²) in [7, 11) is -2.11. The molecule has 0 spiro atoms. The first-order valence-electron chi connectivity index (χ1n) is 10.0. The molecule has 2 aromatic rings. The molecule has 0 bridgehead atoms. The largest absolute Gasteiger partial charge is 0.382 e. The summed E-state index contributed by atoms with van der Waals surface area (Å²) in [5.41, 5.74) is 0.980. The molecule has 1 amide bonds. The number of rotatable bonds is 8. The second-order valence-corrected chi connectivity index (χ2v) is 9.26. The van der Waals surface area contributed by atoms with Gasteiger partial charge in [-0.15, -0.1) is 0 Å². The van der Waals surface area contributed by atoms with Gasteiger partial charge in [0.1, 0.15) is 5.82 Å². The molecule has 0 aliphatic heterocycles. The van der Waals surface area contributed by atoms with Crippen LogP contribution in [0.1, 0.15) is 37.3 Å². The Bertz CT molecular complexity index is 927. The third-order valence-corrected chi connectivity index (χ3v) is 6.93. The van der Waals surface area contributed by atoms with Crippen LogP contribution in [0.4, 0.5) is 4.39 Å². The van der Waals surface area contributed by atoms with Crippen LogP contribution in [0.15, 0.2) is 59.5 Å². The Balaban J connectivity index is 1.54. The third-order valence-electron chi connectivity index (χ3n) is 5.40. The highest BCUT2D eigenvalue weighted by atomic mass is 32.2. The molecule has 0 unspecified atom stereocenters. The maximum absolute atomic E-state index is 13.0. The molecule has 0 heterocycles. The lowest BCUT2D eigenvalue weighted by molar-refractivity contribution is -0.127. The highest BCUT2D eigenvalue weighted by Gasteiger charge is 2.30. The van der Waals surface area contributed by atoms with E-state index < -0.39 is 15.8 Å². The first-order chi connectivity index (χ1) is 14.4. The van der Waals surface area contributed by atoms with Crippen molar-refractivity contribution in [2.75, 3.05) is 13.7 Å². The first-order valence-corrected chi connectivity index (χ1v) is 11.5. The summed E-state index contributed by atoms with van der Waals surface area (Å²) in [5.74, 6) is -0.692. The van der Waals surface area contributed by atoms with Gasteiger partial charge in [-0.3, -0.25) is 4.79 Å². The van der Waals surface area contributed by atoms with Gasteiger partial charge in [0.2, 0.25) is 15.9 Å². The average Bonchev–Trinajstić information content (AvgIpc) is 2.74. The quantitative estimate of drug-likeness (QED) is 0.668. The number of benzene rings is 2. The fraction of sp³-hybridized carbons (Fsp3) is 0.409. The Morgan fingerprint density at radius 3 is 2.30 bits per heavy atom. The van der Waals surface area contributed by atoms with E-state index in [1.807, 2.05) is 30.3 Å². The minimum absolute atomic E-state index is 0.0361. The number of carbonyl (C=O) groups is 1. The fourth-order valence-corrected chi connectivity index (χ4v) is 5.04. The summed E-state index contributed by atoms with van der Waals surface area (Å²) in [4.78, 5) is 12.8. The molecule has 1 atom stereocenters.